The Kier molecular flexibility index (Phi) is 3.75. The number of sulfonamides is 1. The van der Waals surface area contributed by atoms with Crippen LogP contribution >= 0.6 is 11.6 Å². The number of amides is 1. The van der Waals surface area contributed by atoms with Crippen LogP contribution in [0.25, 0.3) is 22.5 Å². The number of hydrogen-bond acceptors (Lipinski definition) is 6. The smallest absolute Gasteiger partial charge is 0.251 e. The predicted molar refractivity (Wildman–Crippen MR) is 92.6 cm³/mol. The molecule has 2 heterocycles. The number of carbonyl (C=O) groups is 1. The van der Waals surface area contributed by atoms with Crippen LogP contribution < -0.4 is 10.5 Å². The molecule has 0 spiro atoms. The normalized spacial score (nSPS) is 13.5. The van der Waals surface area contributed by atoms with E-state index in [-0.39, 0.29) is 27.2 Å². The first-order chi connectivity index (χ1) is 12.3. The molecule has 26 heavy (non-hydrogen) atoms. The number of benzene rings is 2. The van der Waals surface area contributed by atoms with Gasteiger partial charge in [0.05, 0.1) is 10.5 Å². The van der Waals surface area contributed by atoms with Crippen LogP contribution in [0, 0.1) is 0 Å². The minimum Gasteiger partial charge on any atom is -0.348 e. The molecular formula is C15H11ClN6O3S. The van der Waals surface area contributed by atoms with Gasteiger partial charge in [-0.2, -0.15) is 5.21 Å². The maximum atomic E-state index is 12.1. The molecule has 1 aromatic heterocycles. The highest BCUT2D eigenvalue weighted by molar-refractivity contribution is 7.89. The third-order valence-electron chi connectivity index (χ3n) is 4.05. The highest BCUT2D eigenvalue weighted by Gasteiger charge is 2.25. The fraction of sp³-hybridized carbons (Fsp3) is 0.0667. The topological polar surface area (TPSA) is 144 Å². The number of tetrazole rings is 1. The van der Waals surface area contributed by atoms with Crippen molar-refractivity contribution in [2.75, 3.05) is 0 Å². The number of nitrogens with one attached hydrogen (secondary N) is 2. The Labute approximate surface area is 152 Å². The average Bonchev–Trinajstić information content (AvgIpc) is 3.23. The molecule has 4 N–H and O–H groups in total. The molecule has 9 nitrogen and oxygen atoms in total. The van der Waals surface area contributed by atoms with Gasteiger partial charge in [-0.1, -0.05) is 23.7 Å². The van der Waals surface area contributed by atoms with Crippen molar-refractivity contribution < 1.29 is 13.2 Å². The largest absolute Gasteiger partial charge is 0.348 e. The minimum atomic E-state index is -4.12. The summed E-state index contributed by atoms with van der Waals surface area (Å²) in [6.45, 7) is 0.449. The van der Waals surface area contributed by atoms with Crippen LogP contribution in [-0.4, -0.2) is 34.9 Å². The Bertz CT molecular complexity index is 1140. The van der Waals surface area contributed by atoms with Crippen LogP contribution in [0.2, 0.25) is 5.02 Å². The first-order valence-electron chi connectivity index (χ1n) is 7.36. The van der Waals surface area contributed by atoms with E-state index in [0.717, 1.165) is 5.56 Å². The predicted octanol–water partition coefficient (Wildman–Crippen LogP) is 1.08. The number of nitrogens with two attached hydrogens (primary N) is 1. The average molecular weight is 391 g/mol. The molecule has 0 bridgehead atoms. The van der Waals surface area contributed by atoms with Crippen molar-refractivity contribution in [3.05, 3.63) is 46.5 Å². The number of fused-ring (bicyclic) bond motifs is 1. The third kappa shape index (κ3) is 2.73. The van der Waals surface area contributed by atoms with Crippen LogP contribution in [0.3, 0.4) is 0 Å². The van der Waals surface area contributed by atoms with Gasteiger partial charge in [-0.05, 0) is 40.1 Å². The standard InChI is InChI=1S/C15H11ClN6O3S/c16-9-4-10(7-1-2-8-6-18-15(23)11(8)3-7)13(14-19-21-22-20-14)12(5-9)26(17,24)25/h1-5H,6H2,(H,18,23)(H2,17,24,25)(H,19,20,21,22). The number of primary sulfonamides is 1. The number of halogens is 1. The Morgan fingerprint density at radius 3 is 2.65 bits per heavy atom. The van der Waals surface area contributed by atoms with E-state index in [0.29, 0.717) is 23.2 Å². The quantitative estimate of drug-likeness (QED) is 0.610. The van der Waals surface area contributed by atoms with Gasteiger partial charge in [-0.25, -0.2) is 13.6 Å². The lowest BCUT2D eigenvalue weighted by molar-refractivity contribution is 0.0966. The molecule has 132 valence electrons. The Balaban J connectivity index is 2.05. The van der Waals surface area contributed by atoms with Gasteiger partial charge in [-0.15, -0.1) is 10.2 Å². The monoisotopic (exact) mass is 390 g/mol. The van der Waals surface area contributed by atoms with Gasteiger partial charge in [0.1, 0.15) is 0 Å². The van der Waals surface area contributed by atoms with E-state index in [1.807, 2.05) is 0 Å². The second-order valence-corrected chi connectivity index (χ2v) is 7.63. The molecule has 0 unspecified atom stereocenters. The second kappa shape index (κ2) is 5.87. The molecule has 0 saturated heterocycles. The zero-order valence-electron chi connectivity index (χ0n) is 13.0. The van der Waals surface area contributed by atoms with Crippen molar-refractivity contribution in [1.82, 2.24) is 25.9 Å². The molecule has 3 aromatic rings. The van der Waals surface area contributed by atoms with Crippen LogP contribution in [0.5, 0.6) is 0 Å². The Morgan fingerprint density at radius 2 is 1.96 bits per heavy atom. The summed E-state index contributed by atoms with van der Waals surface area (Å²) >= 11 is 6.12. The summed E-state index contributed by atoms with van der Waals surface area (Å²) in [5.41, 5.74) is 2.52. The number of rotatable bonds is 3. The number of H-pyrrole nitrogens is 1. The van der Waals surface area contributed by atoms with Crippen LogP contribution in [-0.2, 0) is 16.6 Å². The summed E-state index contributed by atoms with van der Waals surface area (Å²) in [5.74, 6) is -0.151. The lowest BCUT2D eigenvalue weighted by Gasteiger charge is -2.13. The Morgan fingerprint density at radius 1 is 1.15 bits per heavy atom. The zero-order chi connectivity index (χ0) is 18.5. The van der Waals surface area contributed by atoms with Crippen molar-refractivity contribution in [3.8, 4) is 22.5 Å². The lowest BCUT2D eigenvalue weighted by Crippen LogP contribution is -2.14. The van der Waals surface area contributed by atoms with E-state index >= 15 is 0 Å². The molecule has 4 rings (SSSR count). The van der Waals surface area contributed by atoms with E-state index in [1.54, 1.807) is 24.3 Å². The molecular weight excluding hydrogens is 380 g/mol. The molecule has 0 radical (unpaired) electrons. The molecule has 1 aliphatic rings. The number of hydrogen-bond donors (Lipinski definition) is 3. The summed E-state index contributed by atoms with van der Waals surface area (Å²) in [5, 5.41) is 21.8. The van der Waals surface area contributed by atoms with E-state index in [1.165, 1.54) is 6.07 Å². The number of aromatic amines is 1. The molecule has 0 aliphatic carbocycles. The third-order valence-corrected chi connectivity index (χ3v) is 5.20. The van der Waals surface area contributed by atoms with Crippen LogP contribution in [0.1, 0.15) is 15.9 Å². The van der Waals surface area contributed by atoms with Crippen molar-refractivity contribution in [1.29, 1.82) is 0 Å². The van der Waals surface area contributed by atoms with E-state index in [4.69, 9.17) is 16.7 Å². The van der Waals surface area contributed by atoms with Gasteiger partial charge in [0.15, 0.2) is 0 Å². The molecule has 0 atom stereocenters. The van der Waals surface area contributed by atoms with Gasteiger partial charge in [0, 0.05) is 17.1 Å². The van der Waals surface area contributed by atoms with E-state index < -0.39 is 10.0 Å². The van der Waals surface area contributed by atoms with Crippen molar-refractivity contribution >= 4 is 27.5 Å². The van der Waals surface area contributed by atoms with Gasteiger partial charge in [0.2, 0.25) is 15.8 Å². The highest BCUT2D eigenvalue weighted by atomic mass is 35.5. The maximum absolute atomic E-state index is 12.1. The van der Waals surface area contributed by atoms with Gasteiger partial charge >= 0.3 is 0 Å². The summed E-state index contributed by atoms with van der Waals surface area (Å²) < 4.78 is 24.2. The van der Waals surface area contributed by atoms with Crippen LogP contribution in [0.4, 0.5) is 0 Å². The maximum Gasteiger partial charge on any atom is 0.251 e. The van der Waals surface area contributed by atoms with Gasteiger partial charge < -0.3 is 5.32 Å². The summed E-state index contributed by atoms with van der Waals surface area (Å²) in [6, 6.07) is 8.02. The molecule has 1 aliphatic heterocycles. The van der Waals surface area contributed by atoms with Gasteiger partial charge in [0.25, 0.3) is 5.91 Å². The van der Waals surface area contributed by atoms with Crippen molar-refractivity contribution in [2.24, 2.45) is 5.14 Å². The fourth-order valence-corrected chi connectivity index (χ4v) is 3.97. The number of nitrogens with zero attached hydrogens (tertiary/aromatic N) is 3. The first-order valence-corrected chi connectivity index (χ1v) is 9.28. The SMILES string of the molecule is NS(=O)(=O)c1cc(Cl)cc(-c2ccc3c(c2)C(=O)NC3)c1-c1nn[nH]n1. The number of carbonyl (C=O) groups excluding carboxylic acids is 1. The summed E-state index contributed by atoms with van der Waals surface area (Å²) in [6.07, 6.45) is 0. The lowest BCUT2D eigenvalue weighted by atomic mass is 9.96. The first kappa shape index (κ1) is 16.6. The van der Waals surface area contributed by atoms with E-state index in [2.05, 4.69) is 25.9 Å². The molecule has 1 amide bonds. The second-order valence-electron chi connectivity index (χ2n) is 5.66. The fourth-order valence-electron chi connectivity index (χ4n) is 2.91. The molecule has 0 saturated carbocycles. The number of aromatic nitrogens is 4. The molecule has 0 fully saturated rings. The van der Waals surface area contributed by atoms with E-state index in [9.17, 15) is 13.2 Å². The minimum absolute atomic E-state index is 0.0469. The van der Waals surface area contributed by atoms with Crippen LogP contribution in [0.15, 0.2) is 35.2 Å². The molecule has 11 heteroatoms. The highest BCUT2D eigenvalue weighted by Crippen LogP contribution is 2.38. The van der Waals surface area contributed by atoms with Crippen molar-refractivity contribution in [3.63, 3.8) is 0 Å². The summed E-state index contributed by atoms with van der Waals surface area (Å²) in [7, 11) is -4.12. The zero-order valence-corrected chi connectivity index (χ0v) is 14.6. The Hall–Kier alpha value is -2.82. The van der Waals surface area contributed by atoms with Gasteiger partial charge in [-0.3, -0.25) is 4.79 Å². The van der Waals surface area contributed by atoms with Crippen molar-refractivity contribution in [2.45, 2.75) is 11.4 Å². The molecule has 2 aromatic carbocycles. The summed E-state index contributed by atoms with van der Waals surface area (Å²) in [4.78, 5) is 11.7.